The molecule has 130 valence electrons. The monoisotopic (exact) mass is 365 g/mol. The van der Waals surface area contributed by atoms with Crippen molar-refractivity contribution in [2.24, 2.45) is 0 Å². The third-order valence-corrected chi connectivity index (χ3v) is 2.69. The maximum Gasteiger partial charge on any atom is 0.574 e. The number of esters is 1. The Kier molecular flexibility index (Phi) is 6.09. The van der Waals surface area contributed by atoms with Gasteiger partial charge in [-0.15, -0.1) is 24.8 Å². The lowest BCUT2D eigenvalue weighted by Crippen LogP contribution is -2.22. The van der Waals surface area contributed by atoms with Crippen LogP contribution in [0.15, 0.2) is 6.07 Å². The van der Waals surface area contributed by atoms with E-state index in [0.717, 1.165) is 0 Å². The second-order valence-corrected chi connectivity index (χ2v) is 4.39. The summed E-state index contributed by atoms with van der Waals surface area (Å²) in [5.74, 6) is -2.89. The molecule has 1 aromatic heterocycles. The minimum absolute atomic E-state index is 0.0642. The lowest BCUT2D eigenvalue weighted by atomic mass is 10.1. The van der Waals surface area contributed by atoms with Crippen LogP contribution in [0.2, 0.25) is 0 Å². The van der Waals surface area contributed by atoms with Crippen LogP contribution in [0.5, 0.6) is 5.88 Å². The number of hydrogen-bond acceptors (Lipinski definition) is 4. The van der Waals surface area contributed by atoms with Gasteiger partial charge in [0.1, 0.15) is 0 Å². The number of pyridine rings is 1. The van der Waals surface area contributed by atoms with E-state index in [2.05, 4.69) is 14.5 Å². The molecule has 1 rings (SSSR count). The molecule has 1 aromatic rings. The molecule has 0 radical (unpaired) electrons. The molecule has 0 aliphatic rings. The van der Waals surface area contributed by atoms with E-state index in [1.807, 2.05) is 0 Å². The van der Waals surface area contributed by atoms with Crippen LogP contribution in [0.4, 0.5) is 26.3 Å². The Bertz CT molecular complexity index is 573. The van der Waals surface area contributed by atoms with Gasteiger partial charge in [-0.3, -0.25) is 4.79 Å². The molecule has 0 aliphatic carbocycles. The molecular formula is C12H10ClF6NO3. The molecule has 4 nitrogen and oxygen atoms in total. The SMILES string of the molecule is CCOC(=O)Cc1cc(CCl)c(OC(F)(F)F)nc1C(F)(F)F. The van der Waals surface area contributed by atoms with Gasteiger partial charge in [0.05, 0.1) is 18.9 Å². The third kappa shape index (κ3) is 5.77. The van der Waals surface area contributed by atoms with Gasteiger partial charge in [0.15, 0.2) is 5.69 Å². The van der Waals surface area contributed by atoms with Crippen LogP contribution in [-0.2, 0) is 28.0 Å². The number of nitrogens with zero attached hydrogens (tertiary/aromatic N) is 1. The van der Waals surface area contributed by atoms with E-state index in [0.29, 0.717) is 6.07 Å². The summed E-state index contributed by atoms with van der Waals surface area (Å²) < 4.78 is 83.5. The minimum atomic E-state index is -5.24. The number of ether oxygens (including phenoxy) is 2. The molecule has 0 amide bonds. The number of aromatic nitrogens is 1. The number of carbonyl (C=O) groups excluding carboxylic acids is 1. The van der Waals surface area contributed by atoms with Crippen molar-refractivity contribution < 1.29 is 40.6 Å². The van der Waals surface area contributed by atoms with Crippen molar-refractivity contribution in [2.75, 3.05) is 6.61 Å². The highest BCUT2D eigenvalue weighted by Gasteiger charge is 2.39. The Morgan fingerprint density at radius 3 is 2.26 bits per heavy atom. The minimum Gasteiger partial charge on any atom is -0.466 e. The van der Waals surface area contributed by atoms with E-state index >= 15 is 0 Å². The normalized spacial score (nSPS) is 12.2. The van der Waals surface area contributed by atoms with E-state index < -0.39 is 53.5 Å². The van der Waals surface area contributed by atoms with E-state index in [9.17, 15) is 31.1 Å². The second kappa shape index (κ2) is 7.24. The molecule has 0 aromatic carbocycles. The van der Waals surface area contributed by atoms with Crippen molar-refractivity contribution >= 4 is 17.6 Å². The summed E-state index contributed by atoms with van der Waals surface area (Å²) in [5, 5.41) is 0. The summed E-state index contributed by atoms with van der Waals surface area (Å²) in [6, 6.07) is 0.695. The Labute approximate surface area is 131 Å². The Hall–Kier alpha value is -1.71. The maximum absolute atomic E-state index is 12.9. The predicted octanol–water partition coefficient (Wildman–Crippen LogP) is 3.84. The van der Waals surface area contributed by atoms with Gasteiger partial charge in [-0.25, -0.2) is 4.98 Å². The fraction of sp³-hybridized carbons (Fsp3) is 0.500. The zero-order valence-corrected chi connectivity index (χ0v) is 12.3. The third-order valence-electron chi connectivity index (χ3n) is 2.41. The molecule has 0 atom stereocenters. The number of rotatable bonds is 5. The molecule has 0 N–H and O–H groups in total. The van der Waals surface area contributed by atoms with Crippen molar-refractivity contribution in [2.45, 2.75) is 31.8 Å². The van der Waals surface area contributed by atoms with Gasteiger partial charge in [0, 0.05) is 5.56 Å². The molecule has 0 unspecified atom stereocenters. The van der Waals surface area contributed by atoms with Gasteiger partial charge >= 0.3 is 18.5 Å². The molecule has 23 heavy (non-hydrogen) atoms. The molecule has 11 heteroatoms. The summed E-state index contributed by atoms with van der Waals surface area (Å²) in [6.07, 6.45) is -11.1. The molecule has 0 bridgehead atoms. The molecule has 0 saturated heterocycles. The fourth-order valence-corrected chi connectivity index (χ4v) is 1.82. The standard InChI is InChI=1S/C12H10ClF6NO3/c1-2-22-8(21)4-6-3-7(5-13)10(23-12(17,18)19)20-9(6)11(14,15)16/h3H,2,4-5H2,1H3. The number of alkyl halides is 7. The highest BCUT2D eigenvalue weighted by molar-refractivity contribution is 6.17. The zero-order valence-electron chi connectivity index (χ0n) is 11.5. The zero-order chi connectivity index (χ0) is 17.8. The van der Waals surface area contributed by atoms with Crippen molar-refractivity contribution in [3.8, 4) is 5.88 Å². The largest absolute Gasteiger partial charge is 0.574 e. The van der Waals surface area contributed by atoms with Crippen LogP contribution >= 0.6 is 11.6 Å². The molecule has 0 fully saturated rings. The summed E-state index contributed by atoms with van der Waals surface area (Å²) in [6.45, 7) is 1.39. The van der Waals surface area contributed by atoms with E-state index in [1.165, 1.54) is 6.92 Å². The highest BCUT2D eigenvalue weighted by atomic mass is 35.5. The molecule has 0 saturated carbocycles. The lowest BCUT2D eigenvalue weighted by Gasteiger charge is -2.17. The van der Waals surface area contributed by atoms with Gasteiger partial charge in [-0.05, 0) is 18.6 Å². The molecule has 0 aliphatic heterocycles. The Morgan fingerprint density at radius 1 is 1.22 bits per heavy atom. The first-order valence-electron chi connectivity index (χ1n) is 6.05. The first kappa shape index (κ1) is 19.3. The molecule has 0 spiro atoms. The van der Waals surface area contributed by atoms with Crippen LogP contribution in [0, 0.1) is 0 Å². The molecular weight excluding hydrogens is 356 g/mol. The fourth-order valence-electron chi connectivity index (χ4n) is 1.63. The van der Waals surface area contributed by atoms with Gasteiger partial charge < -0.3 is 9.47 Å². The summed E-state index contributed by atoms with van der Waals surface area (Å²) in [5.41, 5.74) is -2.75. The number of halogens is 7. The van der Waals surface area contributed by atoms with Crippen LogP contribution in [0.25, 0.3) is 0 Å². The van der Waals surface area contributed by atoms with Crippen molar-refractivity contribution in [3.05, 3.63) is 22.9 Å². The van der Waals surface area contributed by atoms with Crippen LogP contribution < -0.4 is 4.74 Å². The Balaban J connectivity index is 3.36. The Morgan fingerprint density at radius 2 is 1.83 bits per heavy atom. The summed E-state index contributed by atoms with van der Waals surface area (Å²) in [4.78, 5) is 14.2. The first-order chi connectivity index (χ1) is 10.5. The smallest absolute Gasteiger partial charge is 0.466 e. The van der Waals surface area contributed by atoms with Crippen molar-refractivity contribution in [1.82, 2.24) is 4.98 Å². The van der Waals surface area contributed by atoms with E-state index in [-0.39, 0.29) is 6.61 Å². The van der Waals surface area contributed by atoms with Crippen molar-refractivity contribution in [3.63, 3.8) is 0 Å². The quantitative estimate of drug-likeness (QED) is 0.452. The average Bonchev–Trinajstić information content (AvgIpc) is 2.37. The second-order valence-electron chi connectivity index (χ2n) is 4.12. The lowest BCUT2D eigenvalue weighted by molar-refractivity contribution is -0.276. The summed E-state index contributed by atoms with van der Waals surface area (Å²) in [7, 11) is 0. The average molecular weight is 366 g/mol. The van der Waals surface area contributed by atoms with Crippen LogP contribution in [-0.4, -0.2) is 23.9 Å². The van der Waals surface area contributed by atoms with Crippen LogP contribution in [0.1, 0.15) is 23.7 Å². The number of hydrogen-bond donors (Lipinski definition) is 0. The van der Waals surface area contributed by atoms with Gasteiger partial charge in [-0.1, -0.05) is 0 Å². The van der Waals surface area contributed by atoms with Crippen molar-refractivity contribution in [1.29, 1.82) is 0 Å². The summed E-state index contributed by atoms with van der Waals surface area (Å²) >= 11 is 5.41. The van der Waals surface area contributed by atoms with Gasteiger partial charge in [0.2, 0.25) is 5.88 Å². The maximum atomic E-state index is 12.9. The highest BCUT2D eigenvalue weighted by Crippen LogP contribution is 2.35. The van der Waals surface area contributed by atoms with Gasteiger partial charge in [0.25, 0.3) is 0 Å². The van der Waals surface area contributed by atoms with E-state index in [4.69, 9.17) is 11.6 Å². The topological polar surface area (TPSA) is 48.4 Å². The predicted molar refractivity (Wildman–Crippen MR) is 65.8 cm³/mol. The van der Waals surface area contributed by atoms with Gasteiger partial charge in [-0.2, -0.15) is 13.2 Å². The van der Waals surface area contributed by atoms with E-state index in [1.54, 1.807) is 0 Å². The first-order valence-corrected chi connectivity index (χ1v) is 6.58. The van der Waals surface area contributed by atoms with Crippen LogP contribution in [0.3, 0.4) is 0 Å². The number of carbonyl (C=O) groups is 1. The molecule has 1 heterocycles.